The summed E-state index contributed by atoms with van der Waals surface area (Å²) < 4.78 is 46.8. The fourth-order valence-electron chi connectivity index (χ4n) is 2.91. The van der Waals surface area contributed by atoms with Crippen molar-refractivity contribution in [2.75, 3.05) is 11.9 Å². The maximum absolute atomic E-state index is 13.2. The second-order valence-electron chi connectivity index (χ2n) is 6.57. The highest BCUT2D eigenvalue weighted by molar-refractivity contribution is 6.30. The van der Waals surface area contributed by atoms with Gasteiger partial charge < -0.3 is 10.1 Å². The minimum absolute atomic E-state index is 0.149. The molecule has 0 aliphatic heterocycles. The molecule has 2 aromatic carbocycles. The van der Waals surface area contributed by atoms with E-state index in [0.717, 1.165) is 15.2 Å². The summed E-state index contributed by atoms with van der Waals surface area (Å²) in [6.07, 6.45) is -2.26. The van der Waals surface area contributed by atoms with Crippen LogP contribution in [0.4, 0.5) is 18.9 Å². The van der Waals surface area contributed by atoms with Crippen LogP contribution in [-0.2, 0) is 17.5 Å². The SMILES string of the molecule is CCOc1ccc(-n2ccn(CC(=O)Nc3ccc(Cl)cc3C(F)(F)F)c(=O)c2=O)cc1. The van der Waals surface area contributed by atoms with Crippen molar-refractivity contribution in [2.24, 2.45) is 0 Å². The van der Waals surface area contributed by atoms with E-state index in [-0.39, 0.29) is 5.02 Å². The molecule has 1 N–H and O–H groups in total. The minimum atomic E-state index is -4.75. The third-order valence-corrected chi connectivity index (χ3v) is 4.59. The normalized spacial score (nSPS) is 11.3. The number of anilines is 1. The second-order valence-corrected chi connectivity index (χ2v) is 7.01. The Morgan fingerprint density at radius 2 is 1.75 bits per heavy atom. The second kappa shape index (κ2) is 9.31. The molecule has 0 spiro atoms. The number of nitrogens with zero attached hydrogens (tertiary/aromatic N) is 2. The van der Waals surface area contributed by atoms with Crippen LogP contribution in [0, 0.1) is 0 Å². The minimum Gasteiger partial charge on any atom is -0.494 e. The highest BCUT2D eigenvalue weighted by atomic mass is 35.5. The molecule has 1 aromatic heterocycles. The van der Waals surface area contributed by atoms with Gasteiger partial charge in [0.15, 0.2) is 0 Å². The fraction of sp³-hybridized carbons (Fsp3) is 0.190. The van der Waals surface area contributed by atoms with Crippen molar-refractivity contribution in [3.8, 4) is 11.4 Å². The predicted octanol–water partition coefficient (Wildman–Crippen LogP) is 3.71. The maximum Gasteiger partial charge on any atom is 0.418 e. The first-order valence-corrected chi connectivity index (χ1v) is 9.70. The third kappa shape index (κ3) is 5.20. The topological polar surface area (TPSA) is 82.3 Å². The molecule has 3 rings (SSSR count). The number of benzene rings is 2. The van der Waals surface area contributed by atoms with Crippen molar-refractivity contribution in [2.45, 2.75) is 19.6 Å². The molecule has 3 aromatic rings. The van der Waals surface area contributed by atoms with E-state index in [1.807, 2.05) is 6.92 Å². The van der Waals surface area contributed by atoms with Gasteiger partial charge >= 0.3 is 17.3 Å². The third-order valence-electron chi connectivity index (χ3n) is 4.36. The summed E-state index contributed by atoms with van der Waals surface area (Å²) in [5, 5.41) is 1.96. The van der Waals surface area contributed by atoms with Crippen LogP contribution in [0.1, 0.15) is 12.5 Å². The zero-order chi connectivity index (χ0) is 23.5. The molecule has 0 atom stereocenters. The molecule has 0 aliphatic carbocycles. The van der Waals surface area contributed by atoms with Gasteiger partial charge in [0.25, 0.3) is 0 Å². The van der Waals surface area contributed by atoms with Gasteiger partial charge in [-0.15, -0.1) is 0 Å². The maximum atomic E-state index is 13.2. The molecule has 0 bridgehead atoms. The number of nitrogens with one attached hydrogen (secondary N) is 1. The van der Waals surface area contributed by atoms with Gasteiger partial charge in [-0.1, -0.05) is 11.6 Å². The lowest BCUT2D eigenvalue weighted by molar-refractivity contribution is -0.137. The average molecular weight is 468 g/mol. The van der Waals surface area contributed by atoms with E-state index >= 15 is 0 Å². The van der Waals surface area contributed by atoms with Crippen molar-refractivity contribution >= 4 is 23.2 Å². The number of hydrogen-bond donors (Lipinski definition) is 1. The highest BCUT2D eigenvalue weighted by Gasteiger charge is 2.34. The number of ether oxygens (including phenoxy) is 1. The van der Waals surface area contributed by atoms with Gasteiger partial charge in [0, 0.05) is 23.1 Å². The Bertz CT molecular complexity index is 1250. The molecule has 0 saturated carbocycles. The average Bonchev–Trinajstić information content (AvgIpc) is 2.73. The first-order valence-electron chi connectivity index (χ1n) is 9.32. The fourth-order valence-corrected chi connectivity index (χ4v) is 3.08. The molecule has 0 fully saturated rings. The number of carbonyl (C=O) groups is 1. The number of carbonyl (C=O) groups excluding carboxylic acids is 1. The smallest absolute Gasteiger partial charge is 0.418 e. The molecule has 0 saturated heterocycles. The Hall–Kier alpha value is -3.53. The molecule has 1 heterocycles. The standard InChI is InChI=1S/C21H17ClF3N3O4/c1-2-32-15-6-4-14(5-7-15)28-10-9-27(19(30)20(28)31)12-18(29)26-17-8-3-13(22)11-16(17)21(23,24)25/h3-11H,2,12H2,1H3,(H,26,29). The van der Waals surface area contributed by atoms with Crippen molar-refractivity contribution in [3.63, 3.8) is 0 Å². The lowest BCUT2D eigenvalue weighted by Crippen LogP contribution is -2.41. The van der Waals surface area contributed by atoms with Crippen LogP contribution in [0.3, 0.4) is 0 Å². The zero-order valence-corrected chi connectivity index (χ0v) is 17.4. The summed E-state index contributed by atoms with van der Waals surface area (Å²) in [6.45, 7) is 1.64. The molecule has 168 valence electrons. The van der Waals surface area contributed by atoms with E-state index in [1.165, 1.54) is 18.5 Å². The molecular weight excluding hydrogens is 451 g/mol. The van der Waals surface area contributed by atoms with Crippen molar-refractivity contribution in [1.82, 2.24) is 9.13 Å². The van der Waals surface area contributed by atoms with Crippen LogP contribution >= 0.6 is 11.6 Å². The summed E-state index contributed by atoms with van der Waals surface area (Å²) in [6, 6.07) is 9.32. The molecule has 0 aliphatic rings. The number of rotatable bonds is 6. The lowest BCUT2D eigenvalue weighted by Gasteiger charge is -2.15. The van der Waals surface area contributed by atoms with E-state index < -0.39 is 41.0 Å². The first kappa shape index (κ1) is 23.1. The predicted molar refractivity (Wildman–Crippen MR) is 113 cm³/mol. The zero-order valence-electron chi connectivity index (χ0n) is 16.6. The van der Waals surface area contributed by atoms with Gasteiger partial charge in [-0.25, -0.2) is 0 Å². The molecular formula is C21H17ClF3N3O4. The van der Waals surface area contributed by atoms with Gasteiger partial charge in [0.1, 0.15) is 12.3 Å². The summed E-state index contributed by atoms with van der Waals surface area (Å²) in [5.41, 5.74) is -3.17. The summed E-state index contributed by atoms with van der Waals surface area (Å²) in [5.74, 6) is -0.326. The lowest BCUT2D eigenvalue weighted by atomic mass is 10.1. The van der Waals surface area contributed by atoms with E-state index in [9.17, 15) is 27.6 Å². The molecule has 0 radical (unpaired) electrons. The van der Waals surface area contributed by atoms with Crippen LogP contribution in [0.5, 0.6) is 5.75 Å². The quantitative estimate of drug-likeness (QED) is 0.560. The van der Waals surface area contributed by atoms with Crippen LogP contribution in [-0.4, -0.2) is 21.6 Å². The first-order chi connectivity index (χ1) is 15.1. The van der Waals surface area contributed by atoms with Crippen molar-refractivity contribution in [1.29, 1.82) is 0 Å². The Kier molecular flexibility index (Phi) is 6.73. The van der Waals surface area contributed by atoms with Gasteiger partial charge in [-0.2, -0.15) is 13.2 Å². The van der Waals surface area contributed by atoms with Crippen LogP contribution < -0.4 is 21.2 Å². The number of aromatic nitrogens is 2. The summed E-state index contributed by atoms with van der Waals surface area (Å²) >= 11 is 5.61. The number of hydrogen-bond acceptors (Lipinski definition) is 4. The van der Waals surface area contributed by atoms with E-state index in [2.05, 4.69) is 5.32 Å². The van der Waals surface area contributed by atoms with E-state index in [1.54, 1.807) is 24.3 Å². The Balaban J connectivity index is 1.82. The Morgan fingerprint density at radius 1 is 1.06 bits per heavy atom. The van der Waals surface area contributed by atoms with Crippen LogP contribution in [0.15, 0.2) is 64.4 Å². The molecule has 32 heavy (non-hydrogen) atoms. The van der Waals surface area contributed by atoms with E-state index in [0.29, 0.717) is 24.1 Å². The van der Waals surface area contributed by atoms with Crippen LogP contribution in [0.2, 0.25) is 5.02 Å². The van der Waals surface area contributed by atoms with Crippen LogP contribution in [0.25, 0.3) is 5.69 Å². The molecule has 1 amide bonds. The van der Waals surface area contributed by atoms with Gasteiger partial charge in [-0.3, -0.25) is 23.5 Å². The van der Waals surface area contributed by atoms with Gasteiger partial charge in [0.05, 0.1) is 17.9 Å². The molecule has 0 unspecified atom stereocenters. The Labute approximate surface area is 184 Å². The molecule has 7 nitrogen and oxygen atoms in total. The summed E-state index contributed by atoms with van der Waals surface area (Å²) in [7, 11) is 0. The van der Waals surface area contributed by atoms with Gasteiger partial charge in [-0.05, 0) is 49.4 Å². The number of alkyl halides is 3. The van der Waals surface area contributed by atoms with E-state index in [4.69, 9.17) is 16.3 Å². The largest absolute Gasteiger partial charge is 0.494 e. The highest BCUT2D eigenvalue weighted by Crippen LogP contribution is 2.36. The molecule has 11 heteroatoms. The summed E-state index contributed by atoms with van der Waals surface area (Å²) in [4.78, 5) is 37.2. The van der Waals surface area contributed by atoms with Gasteiger partial charge in [0.2, 0.25) is 5.91 Å². The monoisotopic (exact) mass is 467 g/mol. The Morgan fingerprint density at radius 3 is 2.38 bits per heavy atom. The van der Waals surface area contributed by atoms with Crippen molar-refractivity contribution in [3.05, 3.63) is 86.2 Å². The van der Waals surface area contributed by atoms with Crippen molar-refractivity contribution < 1.29 is 22.7 Å². The number of amides is 1. The number of halogens is 4.